The van der Waals surface area contributed by atoms with Gasteiger partial charge in [-0.3, -0.25) is 4.79 Å². The minimum atomic E-state index is -0.808. The Bertz CT molecular complexity index is 327. The first kappa shape index (κ1) is 11.2. The highest BCUT2D eigenvalue weighted by atomic mass is 16.4. The summed E-state index contributed by atoms with van der Waals surface area (Å²) in [6.07, 6.45) is 2.70. The molecular weight excluding hydrogens is 208 g/mol. The quantitative estimate of drug-likeness (QED) is 0.764. The number of carboxylic acid groups (broad SMARTS) is 1. The van der Waals surface area contributed by atoms with Gasteiger partial charge in [0.25, 0.3) is 0 Å². The first-order valence-corrected chi connectivity index (χ1v) is 5.69. The molecule has 2 amide bonds. The summed E-state index contributed by atoms with van der Waals surface area (Å²) in [5.41, 5.74) is -0.764. The van der Waals surface area contributed by atoms with Crippen molar-refractivity contribution in [1.82, 2.24) is 9.80 Å². The summed E-state index contributed by atoms with van der Waals surface area (Å²) in [5.74, 6) is -0.808. The number of carboxylic acids is 1. The molecule has 0 bridgehead atoms. The number of carbonyl (C=O) groups excluding carboxylic acids is 1. The summed E-state index contributed by atoms with van der Waals surface area (Å²) in [5, 5.41) is 9.08. The summed E-state index contributed by atoms with van der Waals surface area (Å²) in [4.78, 5) is 26.5. The molecule has 90 valence electrons. The van der Waals surface area contributed by atoms with Crippen LogP contribution in [0.25, 0.3) is 0 Å². The Morgan fingerprint density at radius 3 is 2.50 bits per heavy atom. The molecule has 0 aromatic carbocycles. The Kier molecular flexibility index (Phi) is 2.56. The second kappa shape index (κ2) is 3.64. The van der Waals surface area contributed by atoms with Crippen LogP contribution in [0.1, 0.15) is 26.2 Å². The van der Waals surface area contributed by atoms with E-state index in [1.807, 2.05) is 0 Å². The van der Waals surface area contributed by atoms with Gasteiger partial charge < -0.3 is 14.9 Å². The third kappa shape index (κ3) is 1.86. The Hall–Kier alpha value is -1.26. The van der Waals surface area contributed by atoms with Crippen LogP contribution in [-0.4, -0.2) is 53.1 Å². The van der Waals surface area contributed by atoms with Crippen molar-refractivity contribution < 1.29 is 14.7 Å². The number of rotatable bonds is 2. The number of hydrogen-bond donors (Lipinski definition) is 1. The van der Waals surface area contributed by atoms with Gasteiger partial charge in [-0.1, -0.05) is 0 Å². The van der Waals surface area contributed by atoms with Crippen LogP contribution in [0.2, 0.25) is 0 Å². The number of urea groups is 1. The predicted octanol–water partition coefficient (Wildman–Crippen LogP) is 0.997. The summed E-state index contributed by atoms with van der Waals surface area (Å²) >= 11 is 0. The molecule has 1 saturated carbocycles. The van der Waals surface area contributed by atoms with Crippen molar-refractivity contribution in [2.75, 3.05) is 20.1 Å². The fourth-order valence-electron chi connectivity index (χ4n) is 2.14. The highest BCUT2D eigenvalue weighted by Gasteiger charge is 2.44. The molecule has 2 fully saturated rings. The van der Waals surface area contributed by atoms with E-state index in [1.165, 1.54) is 0 Å². The van der Waals surface area contributed by atoms with E-state index < -0.39 is 11.4 Å². The van der Waals surface area contributed by atoms with Gasteiger partial charge in [-0.2, -0.15) is 0 Å². The second-order valence-corrected chi connectivity index (χ2v) is 5.16. The Morgan fingerprint density at radius 1 is 1.44 bits per heavy atom. The molecule has 0 aromatic heterocycles. The zero-order valence-corrected chi connectivity index (χ0v) is 9.77. The summed E-state index contributed by atoms with van der Waals surface area (Å²) in [6.45, 7) is 2.59. The lowest BCUT2D eigenvalue weighted by Crippen LogP contribution is -2.42. The van der Waals surface area contributed by atoms with Crippen LogP contribution >= 0.6 is 0 Å². The van der Waals surface area contributed by atoms with Crippen LogP contribution in [0.15, 0.2) is 0 Å². The Labute approximate surface area is 95.0 Å². The van der Waals surface area contributed by atoms with Crippen LogP contribution in [0.3, 0.4) is 0 Å². The van der Waals surface area contributed by atoms with Crippen LogP contribution in [0, 0.1) is 5.41 Å². The number of likely N-dealkylation sites (tertiary alicyclic amines) is 1. The van der Waals surface area contributed by atoms with Crippen molar-refractivity contribution in [2.24, 2.45) is 5.41 Å². The fourth-order valence-corrected chi connectivity index (χ4v) is 2.14. The largest absolute Gasteiger partial charge is 0.481 e. The lowest BCUT2D eigenvalue weighted by molar-refractivity contribution is -0.147. The zero-order chi connectivity index (χ0) is 11.9. The van der Waals surface area contributed by atoms with Gasteiger partial charge in [-0.05, 0) is 26.2 Å². The van der Waals surface area contributed by atoms with Gasteiger partial charge in [-0.25, -0.2) is 4.79 Å². The topological polar surface area (TPSA) is 60.9 Å². The molecule has 0 radical (unpaired) electrons. The minimum absolute atomic E-state index is 0.0209. The van der Waals surface area contributed by atoms with Gasteiger partial charge in [0.15, 0.2) is 0 Å². The summed E-state index contributed by atoms with van der Waals surface area (Å²) in [6, 6.07) is 0.358. The fraction of sp³-hybridized carbons (Fsp3) is 0.818. The van der Waals surface area contributed by atoms with Gasteiger partial charge >= 0.3 is 12.0 Å². The van der Waals surface area contributed by atoms with Crippen molar-refractivity contribution in [2.45, 2.75) is 32.2 Å². The average molecular weight is 226 g/mol. The number of amides is 2. The van der Waals surface area contributed by atoms with Crippen molar-refractivity contribution in [3.8, 4) is 0 Å². The maximum absolute atomic E-state index is 12.0. The molecule has 0 aromatic rings. The summed E-state index contributed by atoms with van der Waals surface area (Å²) in [7, 11) is 1.80. The Morgan fingerprint density at radius 2 is 2.06 bits per heavy atom. The molecule has 2 rings (SSSR count). The van der Waals surface area contributed by atoms with Gasteiger partial charge in [0.1, 0.15) is 0 Å². The third-order valence-electron chi connectivity index (χ3n) is 3.66. The molecule has 1 heterocycles. The van der Waals surface area contributed by atoms with Gasteiger partial charge in [0.05, 0.1) is 5.41 Å². The van der Waals surface area contributed by atoms with E-state index in [2.05, 4.69) is 0 Å². The first-order valence-electron chi connectivity index (χ1n) is 5.69. The first-order chi connectivity index (χ1) is 7.44. The Balaban J connectivity index is 1.97. The highest BCUT2D eigenvalue weighted by Crippen LogP contribution is 2.32. The molecule has 0 spiro atoms. The van der Waals surface area contributed by atoms with Crippen molar-refractivity contribution >= 4 is 12.0 Å². The molecular formula is C11H18N2O3. The monoisotopic (exact) mass is 226 g/mol. The van der Waals surface area contributed by atoms with E-state index in [9.17, 15) is 9.59 Å². The van der Waals surface area contributed by atoms with E-state index in [0.717, 1.165) is 12.8 Å². The molecule has 1 aliphatic heterocycles. The van der Waals surface area contributed by atoms with E-state index in [4.69, 9.17) is 5.11 Å². The molecule has 2 aliphatic rings. The standard InChI is InChI=1S/C11H18N2O3/c1-11(9(14)15)5-6-13(7-11)10(16)12(2)8-3-4-8/h8H,3-7H2,1-2H3,(H,14,15). The maximum atomic E-state index is 12.0. The number of hydrogen-bond acceptors (Lipinski definition) is 2. The maximum Gasteiger partial charge on any atom is 0.320 e. The van der Waals surface area contributed by atoms with E-state index >= 15 is 0 Å². The molecule has 1 aliphatic carbocycles. The minimum Gasteiger partial charge on any atom is -0.481 e. The SMILES string of the molecule is CN(C(=O)N1CCC(C)(C(=O)O)C1)C1CC1. The number of aliphatic carboxylic acids is 1. The predicted molar refractivity (Wildman–Crippen MR) is 58.1 cm³/mol. The smallest absolute Gasteiger partial charge is 0.320 e. The normalized spacial score (nSPS) is 29.2. The van der Waals surface area contributed by atoms with Crippen molar-refractivity contribution in [3.63, 3.8) is 0 Å². The van der Waals surface area contributed by atoms with Gasteiger partial charge in [0.2, 0.25) is 0 Å². The average Bonchev–Trinajstić information content (AvgIpc) is 3.00. The molecule has 1 saturated heterocycles. The zero-order valence-electron chi connectivity index (χ0n) is 9.77. The van der Waals surface area contributed by atoms with Crippen molar-refractivity contribution in [1.29, 1.82) is 0 Å². The lowest BCUT2D eigenvalue weighted by Gasteiger charge is -2.25. The molecule has 1 N–H and O–H groups in total. The van der Waals surface area contributed by atoms with E-state index in [1.54, 1.807) is 23.8 Å². The second-order valence-electron chi connectivity index (χ2n) is 5.16. The van der Waals surface area contributed by atoms with Crippen molar-refractivity contribution in [3.05, 3.63) is 0 Å². The number of nitrogens with zero attached hydrogens (tertiary/aromatic N) is 2. The summed E-state index contributed by atoms with van der Waals surface area (Å²) < 4.78 is 0. The van der Waals surface area contributed by atoms with Gasteiger partial charge in [0, 0.05) is 26.2 Å². The highest BCUT2D eigenvalue weighted by molar-refractivity contribution is 5.79. The molecule has 16 heavy (non-hydrogen) atoms. The molecule has 5 heteroatoms. The number of carbonyl (C=O) groups is 2. The molecule has 1 atom stereocenters. The van der Waals surface area contributed by atoms with Crippen LogP contribution < -0.4 is 0 Å². The van der Waals surface area contributed by atoms with E-state index in [-0.39, 0.29) is 6.03 Å². The lowest BCUT2D eigenvalue weighted by atomic mass is 9.90. The van der Waals surface area contributed by atoms with Crippen LogP contribution in [0.5, 0.6) is 0 Å². The molecule has 1 unspecified atom stereocenters. The third-order valence-corrected chi connectivity index (χ3v) is 3.66. The van der Waals surface area contributed by atoms with Crippen LogP contribution in [-0.2, 0) is 4.79 Å². The molecule has 5 nitrogen and oxygen atoms in total. The van der Waals surface area contributed by atoms with E-state index in [0.29, 0.717) is 25.6 Å². The van der Waals surface area contributed by atoms with Crippen LogP contribution in [0.4, 0.5) is 4.79 Å². The van der Waals surface area contributed by atoms with Gasteiger partial charge in [-0.15, -0.1) is 0 Å².